The van der Waals surface area contributed by atoms with Gasteiger partial charge >= 0.3 is 5.97 Å². The van der Waals surface area contributed by atoms with Crippen LogP contribution < -0.4 is 4.74 Å². The van der Waals surface area contributed by atoms with Gasteiger partial charge in [-0.25, -0.2) is 4.79 Å². The van der Waals surface area contributed by atoms with Gasteiger partial charge in [0.05, 0.1) is 12.7 Å². The summed E-state index contributed by atoms with van der Waals surface area (Å²) in [5, 5.41) is 2.13. The maximum Gasteiger partial charge on any atom is 0.340 e. The fourth-order valence-electron chi connectivity index (χ4n) is 2.77. The molecule has 0 aliphatic rings. The number of hydrogen-bond donors (Lipinski definition) is 0. The number of ether oxygens (including phenoxy) is 2. The van der Waals surface area contributed by atoms with Gasteiger partial charge in [-0.1, -0.05) is 18.2 Å². The smallest absolute Gasteiger partial charge is 0.340 e. The summed E-state index contributed by atoms with van der Waals surface area (Å²) < 4.78 is 10.3. The highest BCUT2D eigenvalue weighted by Gasteiger charge is 2.14. The van der Waals surface area contributed by atoms with Crippen molar-refractivity contribution in [3.8, 4) is 5.75 Å². The Labute approximate surface area is 163 Å². The molecule has 0 N–H and O–H groups in total. The van der Waals surface area contributed by atoms with Crippen LogP contribution in [0.3, 0.4) is 0 Å². The number of fused-ring (bicyclic) bond motifs is 1. The van der Waals surface area contributed by atoms with Crippen LogP contribution in [0.25, 0.3) is 10.8 Å². The Morgan fingerprint density at radius 2 is 1.79 bits per heavy atom. The molecule has 0 saturated carbocycles. The van der Waals surface area contributed by atoms with Gasteiger partial charge in [0.15, 0.2) is 6.61 Å². The molecule has 0 atom stereocenters. The van der Waals surface area contributed by atoms with E-state index in [0.29, 0.717) is 12.1 Å². The Morgan fingerprint density at radius 3 is 2.50 bits per heavy atom. The third-order valence-corrected chi connectivity index (χ3v) is 4.43. The number of nitrogens with zero attached hydrogens (tertiary/aromatic N) is 2. The van der Waals surface area contributed by atoms with Crippen LogP contribution in [0.4, 0.5) is 0 Å². The molecular formula is C22H22N2O4. The first-order valence-electron chi connectivity index (χ1n) is 8.86. The fraction of sp³-hybridized carbons (Fsp3) is 0.227. The third-order valence-electron chi connectivity index (χ3n) is 4.43. The average molecular weight is 378 g/mol. The predicted octanol–water partition coefficient (Wildman–Crippen LogP) is 3.37. The van der Waals surface area contributed by atoms with Crippen LogP contribution in [0.5, 0.6) is 5.75 Å². The number of benzene rings is 2. The summed E-state index contributed by atoms with van der Waals surface area (Å²) in [6, 6.07) is 15.2. The lowest BCUT2D eigenvalue weighted by molar-refractivity contribution is -0.133. The summed E-state index contributed by atoms with van der Waals surface area (Å²) in [4.78, 5) is 29.9. The highest BCUT2D eigenvalue weighted by molar-refractivity contribution is 5.91. The molecule has 6 heteroatoms. The molecule has 3 rings (SSSR count). The number of methoxy groups -OCH3 is 1. The van der Waals surface area contributed by atoms with Gasteiger partial charge in [-0.3, -0.25) is 9.78 Å². The molecular weight excluding hydrogens is 356 g/mol. The first-order chi connectivity index (χ1) is 13.5. The number of pyridine rings is 1. The lowest BCUT2D eigenvalue weighted by atomic mass is 10.1. The summed E-state index contributed by atoms with van der Waals surface area (Å²) in [6.07, 6.45) is 1.44. The lowest BCUT2D eigenvalue weighted by Gasteiger charge is -2.17. The Hall–Kier alpha value is -3.41. The summed E-state index contributed by atoms with van der Waals surface area (Å²) in [5.41, 5.74) is 2.12. The lowest BCUT2D eigenvalue weighted by Crippen LogP contribution is -2.30. The van der Waals surface area contributed by atoms with Crippen molar-refractivity contribution in [2.45, 2.75) is 13.5 Å². The molecule has 0 radical (unpaired) electrons. The van der Waals surface area contributed by atoms with Crippen molar-refractivity contribution in [2.24, 2.45) is 0 Å². The molecule has 28 heavy (non-hydrogen) atoms. The number of esters is 1. The molecule has 0 fully saturated rings. The molecule has 0 saturated heterocycles. The Balaban J connectivity index is 1.58. The van der Waals surface area contributed by atoms with Gasteiger partial charge < -0.3 is 14.4 Å². The second-order valence-corrected chi connectivity index (χ2v) is 6.56. The summed E-state index contributed by atoms with van der Waals surface area (Å²) >= 11 is 0. The topological polar surface area (TPSA) is 68.7 Å². The van der Waals surface area contributed by atoms with E-state index >= 15 is 0 Å². The van der Waals surface area contributed by atoms with Gasteiger partial charge in [-0.05, 0) is 53.6 Å². The molecule has 1 aromatic heterocycles. The van der Waals surface area contributed by atoms with Gasteiger partial charge in [0.25, 0.3) is 5.91 Å². The highest BCUT2D eigenvalue weighted by Crippen LogP contribution is 2.22. The number of likely N-dealkylation sites (N-methyl/N-ethyl adjacent to an activating group) is 1. The van der Waals surface area contributed by atoms with Crippen molar-refractivity contribution < 1.29 is 19.1 Å². The molecule has 0 spiro atoms. The molecule has 2 aromatic carbocycles. The van der Waals surface area contributed by atoms with E-state index in [1.165, 1.54) is 11.1 Å². The van der Waals surface area contributed by atoms with E-state index in [2.05, 4.69) is 4.98 Å². The van der Waals surface area contributed by atoms with E-state index in [0.717, 1.165) is 27.8 Å². The highest BCUT2D eigenvalue weighted by atomic mass is 16.5. The van der Waals surface area contributed by atoms with E-state index in [9.17, 15) is 9.59 Å². The molecule has 0 bridgehead atoms. The van der Waals surface area contributed by atoms with Crippen molar-refractivity contribution >= 4 is 22.6 Å². The summed E-state index contributed by atoms with van der Waals surface area (Å²) in [5.74, 6) is -0.0321. The van der Waals surface area contributed by atoms with Crippen molar-refractivity contribution in [1.82, 2.24) is 9.88 Å². The number of carbonyl (C=O) groups excluding carboxylic acids is 2. The monoisotopic (exact) mass is 378 g/mol. The zero-order chi connectivity index (χ0) is 20.1. The van der Waals surface area contributed by atoms with Crippen molar-refractivity contribution in [2.75, 3.05) is 20.8 Å². The maximum absolute atomic E-state index is 12.3. The standard InChI is InChI=1S/C22H22N2O4/c1-15-4-6-19(12-23-15)22(26)28-14-21(25)24(2)13-16-5-7-18-11-20(27-3)9-8-17(18)10-16/h4-12H,13-14H2,1-3H3. The average Bonchev–Trinajstić information content (AvgIpc) is 2.71. The van der Waals surface area contributed by atoms with E-state index in [4.69, 9.17) is 9.47 Å². The quantitative estimate of drug-likeness (QED) is 0.615. The second-order valence-electron chi connectivity index (χ2n) is 6.56. The van der Waals surface area contributed by atoms with Gasteiger partial charge in [-0.15, -0.1) is 0 Å². The maximum atomic E-state index is 12.3. The number of hydrogen-bond acceptors (Lipinski definition) is 5. The van der Waals surface area contributed by atoms with Crippen molar-refractivity contribution in [3.05, 3.63) is 71.5 Å². The minimum atomic E-state index is -0.561. The van der Waals surface area contributed by atoms with Gasteiger partial charge in [-0.2, -0.15) is 0 Å². The zero-order valence-corrected chi connectivity index (χ0v) is 16.1. The van der Waals surface area contributed by atoms with Crippen LogP contribution in [0.1, 0.15) is 21.6 Å². The Morgan fingerprint density at radius 1 is 1.04 bits per heavy atom. The van der Waals surface area contributed by atoms with Crippen LogP contribution in [0.2, 0.25) is 0 Å². The fourth-order valence-corrected chi connectivity index (χ4v) is 2.77. The van der Waals surface area contributed by atoms with E-state index in [1.807, 2.05) is 43.3 Å². The van der Waals surface area contributed by atoms with Crippen LogP contribution >= 0.6 is 0 Å². The van der Waals surface area contributed by atoms with Crippen LogP contribution in [-0.2, 0) is 16.1 Å². The first-order valence-corrected chi connectivity index (χ1v) is 8.86. The largest absolute Gasteiger partial charge is 0.497 e. The first kappa shape index (κ1) is 19.4. The van der Waals surface area contributed by atoms with Gasteiger partial charge in [0.1, 0.15) is 5.75 Å². The molecule has 6 nitrogen and oxygen atoms in total. The molecule has 144 valence electrons. The van der Waals surface area contributed by atoms with Gasteiger partial charge in [0.2, 0.25) is 0 Å². The third kappa shape index (κ3) is 4.65. The molecule has 0 unspecified atom stereocenters. The normalized spacial score (nSPS) is 10.5. The van der Waals surface area contributed by atoms with Gasteiger partial charge in [0, 0.05) is 25.5 Å². The second kappa shape index (κ2) is 8.52. The molecule has 0 aliphatic heterocycles. The molecule has 1 heterocycles. The van der Waals surface area contributed by atoms with E-state index in [-0.39, 0.29) is 12.5 Å². The molecule has 3 aromatic rings. The zero-order valence-electron chi connectivity index (χ0n) is 16.1. The van der Waals surface area contributed by atoms with E-state index < -0.39 is 5.97 Å². The van der Waals surface area contributed by atoms with Crippen LogP contribution in [0, 0.1) is 6.92 Å². The number of rotatable bonds is 6. The number of amides is 1. The number of carbonyl (C=O) groups is 2. The Kier molecular flexibility index (Phi) is 5.89. The molecule has 1 amide bonds. The number of aryl methyl sites for hydroxylation is 1. The molecule has 0 aliphatic carbocycles. The predicted molar refractivity (Wildman–Crippen MR) is 106 cm³/mol. The minimum absolute atomic E-state index is 0.275. The summed E-state index contributed by atoms with van der Waals surface area (Å²) in [7, 11) is 3.32. The van der Waals surface area contributed by atoms with Crippen LogP contribution in [0.15, 0.2) is 54.7 Å². The van der Waals surface area contributed by atoms with E-state index in [1.54, 1.807) is 26.3 Å². The Bertz CT molecular complexity index is 999. The van der Waals surface area contributed by atoms with Crippen molar-refractivity contribution in [1.29, 1.82) is 0 Å². The summed E-state index contributed by atoms with van der Waals surface area (Å²) in [6.45, 7) is 1.94. The van der Waals surface area contributed by atoms with Crippen LogP contribution in [-0.4, -0.2) is 42.5 Å². The van der Waals surface area contributed by atoms with Crippen molar-refractivity contribution in [3.63, 3.8) is 0 Å². The minimum Gasteiger partial charge on any atom is -0.497 e. The SMILES string of the molecule is COc1ccc2cc(CN(C)C(=O)COC(=O)c3ccc(C)nc3)ccc2c1. The number of aromatic nitrogens is 1.